The van der Waals surface area contributed by atoms with Crippen LogP contribution in [0.15, 0.2) is 23.2 Å². The van der Waals surface area contributed by atoms with Gasteiger partial charge in [-0.25, -0.2) is 0 Å². The summed E-state index contributed by atoms with van der Waals surface area (Å²) < 4.78 is 5.50. The van der Waals surface area contributed by atoms with Crippen molar-refractivity contribution in [1.29, 1.82) is 0 Å². The standard InChI is InChI=1S/C21H34ClN5O/c1-23-21(24-10-3-4-11-26-12-5-6-13-26)25-18-9-14-27(16-18)19-15-17(22)7-8-20(19)28-2/h7-8,15,18H,3-6,9-14,16H2,1-2H3,(H2,23,24,25). The van der Waals surface area contributed by atoms with E-state index >= 15 is 0 Å². The van der Waals surface area contributed by atoms with Crippen LogP contribution in [0.3, 0.4) is 0 Å². The van der Waals surface area contributed by atoms with E-state index in [0.717, 1.165) is 48.5 Å². The number of unbranched alkanes of at least 4 members (excludes halogenated alkanes) is 1. The van der Waals surface area contributed by atoms with E-state index in [0.29, 0.717) is 6.04 Å². The van der Waals surface area contributed by atoms with Gasteiger partial charge in [-0.1, -0.05) is 11.6 Å². The number of halogens is 1. The Hall–Kier alpha value is -1.66. The van der Waals surface area contributed by atoms with E-state index in [1.165, 1.54) is 45.3 Å². The second-order valence-electron chi connectivity index (χ2n) is 7.65. The van der Waals surface area contributed by atoms with Crippen LogP contribution in [0.1, 0.15) is 32.1 Å². The van der Waals surface area contributed by atoms with E-state index in [2.05, 4.69) is 25.4 Å². The summed E-state index contributed by atoms with van der Waals surface area (Å²) in [5.41, 5.74) is 1.06. The Bertz CT molecular complexity index is 648. The molecule has 1 unspecified atom stereocenters. The molecule has 1 atom stereocenters. The van der Waals surface area contributed by atoms with E-state index in [1.807, 2.05) is 25.2 Å². The largest absolute Gasteiger partial charge is 0.495 e. The van der Waals surface area contributed by atoms with Crippen molar-refractivity contribution in [1.82, 2.24) is 15.5 Å². The highest BCUT2D eigenvalue weighted by molar-refractivity contribution is 6.30. The molecule has 28 heavy (non-hydrogen) atoms. The molecule has 2 fully saturated rings. The number of ether oxygens (including phenoxy) is 1. The first-order valence-corrected chi connectivity index (χ1v) is 10.9. The van der Waals surface area contributed by atoms with Crippen molar-refractivity contribution < 1.29 is 4.74 Å². The summed E-state index contributed by atoms with van der Waals surface area (Å²) >= 11 is 6.19. The Morgan fingerprint density at radius 3 is 2.82 bits per heavy atom. The summed E-state index contributed by atoms with van der Waals surface area (Å²) in [6.07, 6.45) is 6.22. The number of benzene rings is 1. The highest BCUT2D eigenvalue weighted by Crippen LogP contribution is 2.33. The van der Waals surface area contributed by atoms with Gasteiger partial charge < -0.3 is 25.2 Å². The van der Waals surface area contributed by atoms with Crippen molar-refractivity contribution in [3.8, 4) is 5.75 Å². The zero-order chi connectivity index (χ0) is 19.8. The molecule has 1 aromatic carbocycles. The summed E-state index contributed by atoms with van der Waals surface area (Å²) in [4.78, 5) is 9.29. The fourth-order valence-electron chi connectivity index (χ4n) is 4.07. The number of nitrogens with zero attached hydrogens (tertiary/aromatic N) is 3. The number of hydrogen-bond acceptors (Lipinski definition) is 4. The lowest BCUT2D eigenvalue weighted by molar-refractivity contribution is 0.330. The lowest BCUT2D eigenvalue weighted by Crippen LogP contribution is -2.45. The average molecular weight is 408 g/mol. The monoisotopic (exact) mass is 407 g/mol. The molecule has 0 radical (unpaired) electrons. The maximum absolute atomic E-state index is 6.19. The molecule has 2 aliphatic heterocycles. The van der Waals surface area contributed by atoms with Crippen LogP contribution in [0, 0.1) is 0 Å². The van der Waals surface area contributed by atoms with E-state index in [9.17, 15) is 0 Å². The second-order valence-corrected chi connectivity index (χ2v) is 8.08. The van der Waals surface area contributed by atoms with Crippen LogP contribution >= 0.6 is 11.6 Å². The van der Waals surface area contributed by atoms with Gasteiger partial charge in [0.25, 0.3) is 0 Å². The van der Waals surface area contributed by atoms with E-state index < -0.39 is 0 Å². The van der Waals surface area contributed by atoms with Crippen molar-refractivity contribution >= 4 is 23.2 Å². The van der Waals surface area contributed by atoms with Crippen LogP contribution in [-0.4, -0.2) is 70.3 Å². The van der Waals surface area contributed by atoms with Crippen LogP contribution < -0.4 is 20.3 Å². The molecule has 3 rings (SSSR count). The molecule has 2 heterocycles. The summed E-state index contributed by atoms with van der Waals surface area (Å²) in [6.45, 7) is 6.64. The Morgan fingerprint density at radius 1 is 1.25 bits per heavy atom. The summed E-state index contributed by atoms with van der Waals surface area (Å²) in [7, 11) is 3.54. The van der Waals surface area contributed by atoms with Crippen molar-refractivity contribution in [2.75, 3.05) is 58.3 Å². The summed E-state index contributed by atoms with van der Waals surface area (Å²) in [5.74, 6) is 1.76. The third-order valence-electron chi connectivity index (χ3n) is 5.63. The molecule has 2 N–H and O–H groups in total. The fraction of sp³-hybridized carbons (Fsp3) is 0.667. The predicted octanol–water partition coefficient (Wildman–Crippen LogP) is 2.97. The maximum atomic E-state index is 6.19. The zero-order valence-corrected chi connectivity index (χ0v) is 18.0. The summed E-state index contributed by atoms with van der Waals surface area (Å²) in [6, 6.07) is 6.14. The van der Waals surface area contributed by atoms with E-state index in [-0.39, 0.29) is 0 Å². The highest BCUT2D eigenvalue weighted by atomic mass is 35.5. The Balaban J connectivity index is 1.40. The van der Waals surface area contributed by atoms with Gasteiger partial charge in [-0.2, -0.15) is 0 Å². The fourth-order valence-corrected chi connectivity index (χ4v) is 4.23. The van der Waals surface area contributed by atoms with Gasteiger partial charge in [0.2, 0.25) is 0 Å². The minimum atomic E-state index is 0.361. The topological polar surface area (TPSA) is 52.1 Å². The van der Waals surface area contributed by atoms with Gasteiger partial charge in [-0.15, -0.1) is 0 Å². The van der Waals surface area contributed by atoms with Gasteiger partial charge in [-0.05, 0) is 69.9 Å². The van der Waals surface area contributed by atoms with Crippen LogP contribution in [-0.2, 0) is 0 Å². The first-order valence-electron chi connectivity index (χ1n) is 10.5. The van der Waals surface area contributed by atoms with Crippen molar-refractivity contribution in [3.63, 3.8) is 0 Å². The number of rotatable bonds is 8. The van der Waals surface area contributed by atoms with E-state index in [1.54, 1.807) is 7.11 Å². The lowest BCUT2D eigenvalue weighted by Gasteiger charge is -2.22. The van der Waals surface area contributed by atoms with Crippen molar-refractivity contribution in [3.05, 3.63) is 23.2 Å². The SMILES string of the molecule is CN=C(NCCCCN1CCCC1)NC1CCN(c2cc(Cl)ccc2OC)C1. The minimum absolute atomic E-state index is 0.361. The quantitative estimate of drug-likeness (QED) is 0.394. The third kappa shape index (κ3) is 5.92. The first kappa shape index (κ1) is 21.1. The smallest absolute Gasteiger partial charge is 0.191 e. The highest BCUT2D eigenvalue weighted by Gasteiger charge is 2.25. The molecule has 0 spiro atoms. The number of aliphatic imine (C=N–C) groups is 1. The number of likely N-dealkylation sites (tertiary alicyclic amines) is 1. The number of anilines is 1. The molecule has 7 heteroatoms. The van der Waals surface area contributed by atoms with Crippen LogP contribution in [0.2, 0.25) is 5.02 Å². The summed E-state index contributed by atoms with van der Waals surface area (Å²) in [5, 5.41) is 7.76. The molecule has 2 saturated heterocycles. The average Bonchev–Trinajstić information content (AvgIpc) is 3.38. The molecule has 1 aromatic rings. The molecule has 2 aliphatic rings. The lowest BCUT2D eigenvalue weighted by atomic mass is 10.2. The normalized spacial score (nSPS) is 20.6. The predicted molar refractivity (Wildman–Crippen MR) is 118 cm³/mol. The van der Waals surface area contributed by atoms with Crippen molar-refractivity contribution in [2.24, 2.45) is 4.99 Å². The van der Waals surface area contributed by atoms with Gasteiger partial charge in [0.05, 0.1) is 12.8 Å². The third-order valence-corrected chi connectivity index (χ3v) is 5.86. The van der Waals surface area contributed by atoms with Gasteiger partial charge in [0.15, 0.2) is 5.96 Å². The van der Waals surface area contributed by atoms with Crippen LogP contribution in [0.4, 0.5) is 5.69 Å². The van der Waals surface area contributed by atoms with Gasteiger partial charge >= 0.3 is 0 Å². The molecule has 0 saturated carbocycles. The molecule has 0 amide bonds. The minimum Gasteiger partial charge on any atom is -0.495 e. The molecule has 156 valence electrons. The molecule has 0 aliphatic carbocycles. The maximum Gasteiger partial charge on any atom is 0.191 e. The first-order chi connectivity index (χ1) is 13.7. The molecule has 0 bridgehead atoms. The molecular weight excluding hydrogens is 374 g/mol. The van der Waals surface area contributed by atoms with Crippen LogP contribution in [0.25, 0.3) is 0 Å². The second kappa shape index (κ2) is 10.8. The zero-order valence-electron chi connectivity index (χ0n) is 17.2. The Kier molecular flexibility index (Phi) is 8.10. The van der Waals surface area contributed by atoms with Gasteiger partial charge in [0.1, 0.15) is 5.75 Å². The molecular formula is C21H34ClN5O. The number of nitrogens with one attached hydrogen (secondary N) is 2. The van der Waals surface area contributed by atoms with Crippen molar-refractivity contribution in [2.45, 2.75) is 38.1 Å². The van der Waals surface area contributed by atoms with Crippen LogP contribution in [0.5, 0.6) is 5.75 Å². The Morgan fingerprint density at radius 2 is 2.07 bits per heavy atom. The molecule has 0 aromatic heterocycles. The number of guanidine groups is 1. The van der Waals surface area contributed by atoms with Gasteiger partial charge in [0, 0.05) is 37.7 Å². The van der Waals surface area contributed by atoms with E-state index in [4.69, 9.17) is 16.3 Å². The molecule has 6 nitrogen and oxygen atoms in total. The number of methoxy groups -OCH3 is 1. The van der Waals surface area contributed by atoms with Gasteiger partial charge in [-0.3, -0.25) is 4.99 Å². The number of hydrogen-bond donors (Lipinski definition) is 2. The Labute approximate surface area is 174 Å².